The zero-order valence-electron chi connectivity index (χ0n) is 9.71. The molecule has 90 valence electrons. The Labute approximate surface area is 99.6 Å². The van der Waals surface area contributed by atoms with Crippen LogP contribution in [0.1, 0.15) is 15.9 Å². The fourth-order valence-electron chi connectivity index (χ4n) is 1.06. The average Bonchev–Trinajstić information content (AvgIpc) is 2.36. The van der Waals surface area contributed by atoms with Crippen LogP contribution in [-0.2, 0) is 9.63 Å². The minimum absolute atomic E-state index is 0.485. The maximum absolute atomic E-state index is 11.3. The molecule has 1 aromatic rings. The monoisotopic (exact) mass is 234 g/mol. The van der Waals surface area contributed by atoms with Crippen molar-refractivity contribution in [2.75, 3.05) is 14.1 Å². The van der Waals surface area contributed by atoms with Crippen molar-refractivity contribution < 1.29 is 14.4 Å². The predicted molar refractivity (Wildman–Crippen MR) is 63.8 cm³/mol. The van der Waals surface area contributed by atoms with Gasteiger partial charge in [0, 0.05) is 25.7 Å². The molecule has 0 spiro atoms. The molecule has 0 radical (unpaired) electrons. The number of benzene rings is 1. The zero-order chi connectivity index (χ0) is 12.7. The lowest BCUT2D eigenvalue weighted by molar-refractivity contribution is -0.189. The van der Waals surface area contributed by atoms with Gasteiger partial charge in [0.1, 0.15) is 6.29 Å². The molecule has 1 aromatic carbocycles. The van der Waals surface area contributed by atoms with Crippen molar-refractivity contribution in [3.63, 3.8) is 0 Å². The molecule has 0 aliphatic heterocycles. The minimum Gasteiger partial charge on any atom is -0.349 e. The summed E-state index contributed by atoms with van der Waals surface area (Å²) in [5, 5.41) is 1.20. The Kier molecular flexibility index (Phi) is 5.06. The van der Waals surface area contributed by atoms with Gasteiger partial charge < -0.3 is 4.84 Å². The standard InChI is InChI=1S/C12H14N2O3/c1-13-14(2)17-12(16)8-7-10-3-5-11(9-15)6-4-10/h3-9,13H,1-2H3. The molecule has 5 nitrogen and oxygen atoms in total. The third-order valence-electron chi connectivity index (χ3n) is 2.03. The summed E-state index contributed by atoms with van der Waals surface area (Å²) in [6.07, 6.45) is 3.69. The van der Waals surface area contributed by atoms with E-state index in [1.54, 1.807) is 44.4 Å². The molecular formula is C12H14N2O3. The number of hydrogen-bond acceptors (Lipinski definition) is 5. The zero-order valence-corrected chi connectivity index (χ0v) is 9.71. The van der Waals surface area contributed by atoms with E-state index in [1.807, 2.05) is 0 Å². The van der Waals surface area contributed by atoms with E-state index >= 15 is 0 Å². The number of nitrogens with zero attached hydrogens (tertiary/aromatic N) is 1. The number of carbonyl (C=O) groups excluding carboxylic acids is 2. The van der Waals surface area contributed by atoms with Crippen molar-refractivity contribution in [1.82, 2.24) is 10.6 Å². The molecule has 17 heavy (non-hydrogen) atoms. The molecule has 0 heterocycles. The summed E-state index contributed by atoms with van der Waals surface area (Å²) in [4.78, 5) is 26.5. The molecule has 0 bridgehead atoms. The Morgan fingerprint density at radius 2 is 1.88 bits per heavy atom. The summed E-state index contributed by atoms with van der Waals surface area (Å²) in [5.74, 6) is -0.485. The fraction of sp³-hybridized carbons (Fsp3) is 0.167. The van der Waals surface area contributed by atoms with Gasteiger partial charge in [0.25, 0.3) is 0 Å². The third kappa shape index (κ3) is 4.58. The summed E-state index contributed by atoms with van der Waals surface area (Å²) >= 11 is 0. The molecule has 1 N–H and O–H groups in total. The van der Waals surface area contributed by atoms with Crippen LogP contribution >= 0.6 is 0 Å². The van der Waals surface area contributed by atoms with E-state index in [0.29, 0.717) is 5.56 Å². The number of rotatable bonds is 5. The fourth-order valence-corrected chi connectivity index (χ4v) is 1.06. The van der Waals surface area contributed by atoms with E-state index in [9.17, 15) is 9.59 Å². The van der Waals surface area contributed by atoms with Crippen LogP contribution in [-0.4, -0.2) is 31.5 Å². The molecule has 0 aliphatic rings. The second-order valence-electron chi connectivity index (χ2n) is 3.25. The van der Waals surface area contributed by atoms with Crippen LogP contribution in [0.25, 0.3) is 6.08 Å². The highest BCUT2D eigenvalue weighted by Crippen LogP contribution is 2.04. The Morgan fingerprint density at radius 1 is 1.29 bits per heavy atom. The highest BCUT2D eigenvalue weighted by molar-refractivity contribution is 5.87. The van der Waals surface area contributed by atoms with Crippen LogP contribution in [0.2, 0.25) is 0 Å². The second-order valence-corrected chi connectivity index (χ2v) is 3.25. The summed E-state index contributed by atoms with van der Waals surface area (Å²) in [6, 6.07) is 6.85. The second kappa shape index (κ2) is 6.57. The Morgan fingerprint density at radius 3 is 2.41 bits per heavy atom. The summed E-state index contributed by atoms with van der Waals surface area (Å²) < 4.78 is 0. The van der Waals surface area contributed by atoms with Crippen molar-refractivity contribution in [2.24, 2.45) is 0 Å². The number of hydrazine groups is 1. The number of hydroxylamine groups is 1. The van der Waals surface area contributed by atoms with Crippen LogP contribution in [0.15, 0.2) is 30.3 Å². The van der Waals surface area contributed by atoms with Gasteiger partial charge in [-0.2, -0.15) is 0 Å². The van der Waals surface area contributed by atoms with Gasteiger partial charge in [-0.1, -0.05) is 29.4 Å². The highest BCUT2D eigenvalue weighted by Gasteiger charge is 2.00. The molecule has 0 aromatic heterocycles. The lowest BCUT2D eigenvalue weighted by atomic mass is 10.1. The van der Waals surface area contributed by atoms with Crippen molar-refractivity contribution in [3.05, 3.63) is 41.5 Å². The summed E-state index contributed by atoms with van der Waals surface area (Å²) in [6.45, 7) is 0. The van der Waals surface area contributed by atoms with Gasteiger partial charge in [-0.25, -0.2) is 10.2 Å². The van der Waals surface area contributed by atoms with Gasteiger partial charge in [0.05, 0.1) is 0 Å². The van der Waals surface area contributed by atoms with Crippen LogP contribution in [0.3, 0.4) is 0 Å². The topological polar surface area (TPSA) is 58.6 Å². The van der Waals surface area contributed by atoms with Gasteiger partial charge >= 0.3 is 5.97 Å². The quantitative estimate of drug-likeness (QED) is 0.468. The van der Waals surface area contributed by atoms with E-state index in [2.05, 4.69) is 5.43 Å². The SMILES string of the molecule is CNN(C)OC(=O)C=Cc1ccc(C=O)cc1. The normalized spacial score (nSPS) is 10.8. The van der Waals surface area contributed by atoms with E-state index in [0.717, 1.165) is 11.8 Å². The maximum atomic E-state index is 11.3. The molecule has 5 heteroatoms. The lowest BCUT2D eigenvalue weighted by Gasteiger charge is -2.11. The molecule has 0 atom stereocenters. The smallest absolute Gasteiger partial charge is 0.349 e. The van der Waals surface area contributed by atoms with Crippen molar-refractivity contribution >= 4 is 18.3 Å². The maximum Gasteiger partial charge on any atom is 0.351 e. The van der Waals surface area contributed by atoms with Gasteiger partial charge in [0.15, 0.2) is 0 Å². The molecule has 0 saturated heterocycles. The first kappa shape index (κ1) is 13.1. The van der Waals surface area contributed by atoms with E-state index in [1.165, 1.54) is 11.2 Å². The molecular weight excluding hydrogens is 220 g/mol. The van der Waals surface area contributed by atoms with Gasteiger partial charge in [-0.05, 0) is 11.6 Å². The molecule has 0 aliphatic carbocycles. The number of nitrogens with one attached hydrogen (secondary N) is 1. The van der Waals surface area contributed by atoms with E-state index in [4.69, 9.17) is 4.84 Å². The first-order valence-corrected chi connectivity index (χ1v) is 5.02. The largest absolute Gasteiger partial charge is 0.351 e. The average molecular weight is 234 g/mol. The molecule has 1 rings (SSSR count). The third-order valence-corrected chi connectivity index (χ3v) is 2.03. The van der Waals surface area contributed by atoms with E-state index < -0.39 is 5.97 Å². The minimum atomic E-state index is -0.485. The van der Waals surface area contributed by atoms with Crippen LogP contribution in [0, 0.1) is 0 Å². The van der Waals surface area contributed by atoms with Crippen molar-refractivity contribution in [2.45, 2.75) is 0 Å². The van der Waals surface area contributed by atoms with Gasteiger partial charge in [0.2, 0.25) is 0 Å². The number of hydrogen-bond donors (Lipinski definition) is 1. The lowest BCUT2D eigenvalue weighted by Crippen LogP contribution is -2.32. The van der Waals surface area contributed by atoms with Crippen molar-refractivity contribution in [3.8, 4) is 0 Å². The first-order valence-electron chi connectivity index (χ1n) is 5.02. The van der Waals surface area contributed by atoms with E-state index in [-0.39, 0.29) is 0 Å². The summed E-state index contributed by atoms with van der Waals surface area (Å²) in [7, 11) is 3.21. The highest BCUT2D eigenvalue weighted by atomic mass is 16.7. The van der Waals surface area contributed by atoms with Crippen LogP contribution < -0.4 is 5.43 Å². The van der Waals surface area contributed by atoms with Gasteiger partial charge in [-0.3, -0.25) is 4.79 Å². The molecule has 0 fully saturated rings. The Bertz CT molecular complexity index is 412. The van der Waals surface area contributed by atoms with Crippen LogP contribution in [0.5, 0.6) is 0 Å². The Hall–Kier alpha value is -1.98. The Balaban J connectivity index is 2.57. The first-order chi connectivity index (χ1) is 8.15. The number of carbonyl (C=O) groups is 2. The molecule has 0 saturated carbocycles. The number of aldehydes is 1. The summed E-state index contributed by atoms with van der Waals surface area (Å²) in [5.41, 5.74) is 4.04. The van der Waals surface area contributed by atoms with Crippen LogP contribution in [0.4, 0.5) is 0 Å². The molecule has 0 unspecified atom stereocenters. The predicted octanol–water partition coefficient (Wildman–Crippen LogP) is 1.04. The molecule has 0 amide bonds. The van der Waals surface area contributed by atoms with Gasteiger partial charge in [-0.15, -0.1) is 0 Å². The van der Waals surface area contributed by atoms with Crippen molar-refractivity contribution in [1.29, 1.82) is 0 Å².